The van der Waals surface area contributed by atoms with Gasteiger partial charge in [-0.1, -0.05) is 32.0 Å². The number of carbonyl (C=O) groups excluding carboxylic acids is 2. The monoisotopic (exact) mass is 493 g/mol. The summed E-state index contributed by atoms with van der Waals surface area (Å²) in [5.41, 5.74) is 3.77. The van der Waals surface area contributed by atoms with E-state index < -0.39 is 11.9 Å². The fraction of sp³-hybridized carbons (Fsp3) is 0.379. The van der Waals surface area contributed by atoms with Gasteiger partial charge >= 0.3 is 5.97 Å². The molecule has 190 valence electrons. The number of Topliss-reactive ketones (excluding diaryl/α,β-unsaturated/α-hetero) is 1. The van der Waals surface area contributed by atoms with Crippen LogP contribution in [0.3, 0.4) is 0 Å². The van der Waals surface area contributed by atoms with E-state index in [1.807, 2.05) is 13.0 Å². The van der Waals surface area contributed by atoms with Gasteiger partial charge in [0.15, 0.2) is 17.3 Å². The van der Waals surface area contributed by atoms with Crippen molar-refractivity contribution < 1.29 is 28.2 Å². The van der Waals surface area contributed by atoms with Crippen molar-refractivity contribution in [3.63, 3.8) is 0 Å². The molecule has 0 bridgehead atoms. The molecule has 2 aromatic rings. The summed E-state index contributed by atoms with van der Waals surface area (Å²) in [6.07, 6.45) is 1.09. The second kappa shape index (κ2) is 10.2. The number of ether oxygens (including phenoxy) is 3. The number of nitrogens with one attached hydrogen (secondary N) is 1. The quantitative estimate of drug-likeness (QED) is 0.508. The Morgan fingerprint density at radius 2 is 1.92 bits per heavy atom. The van der Waals surface area contributed by atoms with Crippen molar-refractivity contribution in [2.45, 2.75) is 53.1 Å². The summed E-state index contributed by atoms with van der Waals surface area (Å²) in [6, 6.07) is 11.6. The Morgan fingerprint density at radius 3 is 2.61 bits per heavy atom. The SMILES string of the molecule is CCOC(=O)C1=C(C)NC2=C(C(=O)CC(C)(C)C2)C1c1ccc(OCc2cccc(F)c2)c(OC)c1. The standard InChI is InChI=1S/C29H32FNO5/c1-6-35-28(33)25-17(2)31-21-14-29(3,4)15-22(32)27(21)26(25)19-10-11-23(24(13-19)34-5)36-16-18-8-7-9-20(30)12-18/h7-13,26,31H,6,14-16H2,1-5H3. The average Bonchev–Trinajstić information content (AvgIpc) is 2.81. The molecule has 1 aliphatic heterocycles. The predicted molar refractivity (Wildman–Crippen MR) is 134 cm³/mol. The van der Waals surface area contributed by atoms with E-state index in [1.165, 1.54) is 19.2 Å². The minimum absolute atomic E-state index is 0.0125. The van der Waals surface area contributed by atoms with Gasteiger partial charge in [0.2, 0.25) is 0 Å². The average molecular weight is 494 g/mol. The van der Waals surface area contributed by atoms with Crippen molar-refractivity contribution in [3.05, 3.63) is 81.9 Å². The molecule has 36 heavy (non-hydrogen) atoms. The van der Waals surface area contributed by atoms with E-state index in [1.54, 1.807) is 31.2 Å². The van der Waals surface area contributed by atoms with Crippen LogP contribution in [-0.2, 0) is 20.9 Å². The summed E-state index contributed by atoms with van der Waals surface area (Å²) < 4.78 is 30.4. The molecule has 1 aliphatic carbocycles. The van der Waals surface area contributed by atoms with Crippen LogP contribution in [0.15, 0.2) is 65.0 Å². The number of hydrogen-bond acceptors (Lipinski definition) is 6. The summed E-state index contributed by atoms with van der Waals surface area (Å²) in [4.78, 5) is 26.5. The second-order valence-corrected chi connectivity index (χ2v) is 9.98. The van der Waals surface area contributed by atoms with Crippen molar-refractivity contribution in [1.82, 2.24) is 5.32 Å². The molecule has 0 spiro atoms. The first-order chi connectivity index (χ1) is 17.1. The maximum atomic E-state index is 13.5. The predicted octanol–water partition coefficient (Wildman–Crippen LogP) is 5.58. The molecule has 0 saturated carbocycles. The third-order valence-corrected chi connectivity index (χ3v) is 6.54. The Bertz CT molecular complexity index is 1260. The van der Waals surface area contributed by atoms with Gasteiger partial charge < -0.3 is 19.5 Å². The Labute approximate surface area is 211 Å². The number of halogens is 1. The molecule has 0 amide bonds. The van der Waals surface area contributed by atoms with Gasteiger partial charge in [-0.15, -0.1) is 0 Å². The molecule has 7 heteroatoms. The lowest BCUT2D eigenvalue weighted by Crippen LogP contribution is -2.38. The minimum Gasteiger partial charge on any atom is -0.493 e. The number of rotatable bonds is 7. The van der Waals surface area contributed by atoms with E-state index in [0.717, 1.165) is 11.3 Å². The molecule has 1 heterocycles. The van der Waals surface area contributed by atoms with Crippen LogP contribution in [0.2, 0.25) is 0 Å². The van der Waals surface area contributed by atoms with Crippen LogP contribution in [0.25, 0.3) is 0 Å². The number of dihydropyridines is 1. The first-order valence-corrected chi connectivity index (χ1v) is 12.1. The van der Waals surface area contributed by atoms with Gasteiger partial charge in [0.1, 0.15) is 12.4 Å². The molecule has 0 saturated heterocycles. The third-order valence-electron chi connectivity index (χ3n) is 6.54. The first kappa shape index (κ1) is 25.5. The molecule has 2 aromatic carbocycles. The highest BCUT2D eigenvalue weighted by atomic mass is 19.1. The molecular formula is C29H32FNO5. The Kier molecular flexibility index (Phi) is 7.20. The lowest BCUT2D eigenvalue weighted by atomic mass is 9.68. The van der Waals surface area contributed by atoms with E-state index in [2.05, 4.69) is 19.2 Å². The first-order valence-electron chi connectivity index (χ1n) is 12.1. The molecule has 0 radical (unpaired) electrons. The lowest BCUT2D eigenvalue weighted by molar-refractivity contribution is -0.138. The van der Waals surface area contributed by atoms with Crippen LogP contribution in [-0.4, -0.2) is 25.5 Å². The Hall–Kier alpha value is -3.61. The van der Waals surface area contributed by atoms with Crippen molar-refractivity contribution in [2.75, 3.05) is 13.7 Å². The van der Waals surface area contributed by atoms with Crippen molar-refractivity contribution in [2.24, 2.45) is 5.41 Å². The zero-order chi connectivity index (χ0) is 26.0. The Morgan fingerprint density at radius 1 is 1.14 bits per heavy atom. The van der Waals surface area contributed by atoms with Gasteiger partial charge in [-0.2, -0.15) is 0 Å². The van der Waals surface area contributed by atoms with E-state index in [-0.39, 0.29) is 30.2 Å². The molecule has 6 nitrogen and oxygen atoms in total. The topological polar surface area (TPSA) is 73.9 Å². The molecule has 1 unspecified atom stereocenters. The van der Waals surface area contributed by atoms with Gasteiger partial charge in [-0.05, 0) is 61.1 Å². The van der Waals surface area contributed by atoms with Crippen LogP contribution in [0.4, 0.5) is 4.39 Å². The third kappa shape index (κ3) is 5.15. The molecular weight excluding hydrogens is 461 g/mol. The van der Waals surface area contributed by atoms with Gasteiger partial charge in [-0.3, -0.25) is 4.79 Å². The highest BCUT2D eigenvalue weighted by Gasteiger charge is 2.43. The molecule has 4 rings (SSSR count). The van der Waals surface area contributed by atoms with E-state index in [0.29, 0.717) is 46.7 Å². The largest absolute Gasteiger partial charge is 0.493 e. The van der Waals surface area contributed by atoms with Gasteiger partial charge in [0.05, 0.1) is 19.3 Å². The number of esters is 1. The van der Waals surface area contributed by atoms with Crippen LogP contribution in [0.1, 0.15) is 57.6 Å². The molecule has 1 N–H and O–H groups in total. The number of allylic oxidation sites excluding steroid dienone is 3. The highest BCUT2D eigenvalue weighted by Crippen LogP contribution is 2.48. The minimum atomic E-state index is -0.588. The number of benzene rings is 2. The van der Waals surface area contributed by atoms with Gasteiger partial charge in [0, 0.05) is 29.3 Å². The molecule has 2 aliphatic rings. The smallest absolute Gasteiger partial charge is 0.336 e. The summed E-state index contributed by atoms with van der Waals surface area (Å²) >= 11 is 0. The van der Waals surface area contributed by atoms with Crippen LogP contribution < -0.4 is 14.8 Å². The maximum absolute atomic E-state index is 13.5. The fourth-order valence-corrected chi connectivity index (χ4v) is 5.02. The number of hydrogen-bond donors (Lipinski definition) is 1. The normalized spacial score (nSPS) is 18.9. The van der Waals surface area contributed by atoms with Crippen molar-refractivity contribution in [1.29, 1.82) is 0 Å². The molecule has 1 atom stereocenters. The lowest BCUT2D eigenvalue weighted by Gasteiger charge is -2.39. The van der Waals surface area contributed by atoms with Gasteiger partial charge in [-0.25, -0.2) is 9.18 Å². The second-order valence-electron chi connectivity index (χ2n) is 9.98. The molecule has 0 fully saturated rings. The van der Waals surface area contributed by atoms with Crippen LogP contribution >= 0.6 is 0 Å². The number of carbonyl (C=O) groups is 2. The van der Waals surface area contributed by atoms with Crippen molar-refractivity contribution in [3.8, 4) is 11.5 Å². The Balaban J connectivity index is 1.74. The van der Waals surface area contributed by atoms with E-state index >= 15 is 0 Å². The zero-order valence-electron chi connectivity index (χ0n) is 21.4. The summed E-state index contributed by atoms with van der Waals surface area (Å²) in [5.74, 6) is -0.435. The van der Waals surface area contributed by atoms with Crippen LogP contribution in [0.5, 0.6) is 11.5 Å². The summed E-state index contributed by atoms with van der Waals surface area (Å²) in [6.45, 7) is 8.12. The number of ketones is 1. The van der Waals surface area contributed by atoms with E-state index in [4.69, 9.17) is 14.2 Å². The molecule has 0 aromatic heterocycles. The zero-order valence-corrected chi connectivity index (χ0v) is 21.4. The summed E-state index contributed by atoms with van der Waals surface area (Å²) in [7, 11) is 1.53. The van der Waals surface area contributed by atoms with Crippen LogP contribution in [0, 0.1) is 11.2 Å². The number of methoxy groups -OCH3 is 1. The van der Waals surface area contributed by atoms with Gasteiger partial charge in [0.25, 0.3) is 0 Å². The van der Waals surface area contributed by atoms with Crippen molar-refractivity contribution >= 4 is 11.8 Å². The maximum Gasteiger partial charge on any atom is 0.336 e. The summed E-state index contributed by atoms with van der Waals surface area (Å²) in [5, 5.41) is 3.33. The highest BCUT2D eigenvalue weighted by molar-refractivity contribution is 6.04. The van der Waals surface area contributed by atoms with E-state index in [9.17, 15) is 14.0 Å². The fourth-order valence-electron chi connectivity index (χ4n) is 5.02.